The molecule has 0 saturated heterocycles. The standard InChI is InChI=1S/C30H45NO7/c1-27(12-11-25(34)37-18-27)23-10-15-30(36)22-7-6-19-17-20(38-26(35)31-16-4-5-24(32)33)8-13-28(19,2)21(22)9-14-29(23,30)3/h11-12,19-23,36H,4-10,13-18H2,1-3H3,(H,31,35)(H,32,33)/t19-,20+,21+,22-,23-,27?,28+,29-,30+/m1/s1. The first-order valence-corrected chi connectivity index (χ1v) is 14.7. The predicted molar refractivity (Wildman–Crippen MR) is 140 cm³/mol. The van der Waals surface area contributed by atoms with Crippen molar-refractivity contribution in [3.8, 4) is 0 Å². The van der Waals surface area contributed by atoms with Crippen molar-refractivity contribution in [3.05, 3.63) is 12.2 Å². The third kappa shape index (κ3) is 4.44. The molecule has 38 heavy (non-hydrogen) atoms. The maximum absolute atomic E-state index is 12.5. The lowest BCUT2D eigenvalue weighted by Crippen LogP contribution is -2.63. The van der Waals surface area contributed by atoms with Gasteiger partial charge in [0.2, 0.25) is 0 Å². The largest absolute Gasteiger partial charge is 0.481 e. The SMILES string of the molecule is CC1([C@H]2CC[C@]3(O)[C@@H]4CC[C@@H]5C[C@@H](OC(=O)NCCCC(=O)O)CC[C@]5(C)[C@H]4CC[C@]23C)C=CC(=O)OC1. The Morgan fingerprint density at radius 1 is 1.08 bits per heavy atom. The molecule has 212 valence electrons. The lowest BCUT2D eigenvalue weighted by molar-refractivity contribution is -0.217. The molecule has 5 aliphatic rings. The molecule has 1 aliphatic heterocycles. The van der Waals surface area contributed by atoms with E-state index < -0.39 is 17.7 Å². The number of alkyl carbamates (subject to hydrolysis) is 1. The van der Waals surface area contributed by atoms with E-state index in [4.69, 9.17) is 14.6 Å². The molecule has 4 saturated carbocycles. The van der Waals surface area contributed by atoms with Gasteiger partial charge in [-0.15, -0.1) is 0 Å². The highest BCUT2D eigenvalue weighted by Gasteiger charge is 2.69. The molecule has 4 fully saturated rings. The van der Waals surface area contributed by atoms with Gasteiger partial charge in [-0.25, -0.2) is 9.59 Å². The Bertz CT molecular complexity index is 997. The van der Waals surface area contributed by atoms with Gasteiger partial charge < -0.3 is 25.0 Å². The molecule has 0 spiro atoms. The van der Waals surface area contributed by atoms with E-state index in [0.717, 1.165) is 57.8 Å². The summed E-state index contributed by atoms with van der Waals surface area (Å²) in [5, 5.41) is 23.9. The number of amides is 1. The van der Waals surface area contributed by atoms with Crippen molar-refractivity contribution in [2.75, 3.05) is 13.2 Å². The first-order valence-electron chi connectivity index (χ1n) is 14.7. The predicted octanol–water partition coefficient (Wildman–Crippen LogP) is 4.84. The molecule has 0 aromatic rings. The van der Waals surface area contributed by atoms with E-state index in [1.165, 1.54) is 0 Å². The van der Waals surface area contributed by atoms with Crippen LogP contribution in [0.2, 0.25) is 0 Å². The fourth-order valence-corrected chi connectivity index (χ4v) is 9.77. The first-order chi connectivity index (χ1) is 17.9. The maximum Gasteiger partial charge on any atom is 0.407 e. The summed E-state index contributed by atoms with van der Waals surface area (Å²) in [4.78, 5) is 34.6. The van der Waals surface area contributed by atoms with Crippen LogP contribution >= 0.6 is 0 Å². The summed E-state index contributed by atoms with van der Waals surface area (Å²) in [7, 11) is 0. The smallest absolute Gasteiger partial charge is 0.407 e. The van der Waals surface area contributed by atoms with Gasteiger partial charge in [0.1, 0.15) is 12.7 Å². The van der Waals surface area contributed by atoms with Gasteiger partial charge in [-0.2, -0.15) is 0 Å². The number of hydrogen-bond donors (Lipinski definition) is 3. The van der Waals surface area contributed by atoms with E-state index >= 15 is 0 Å². The van der Waals surface area contributed by atoms with Crippen LogP contribution in [-0.2, 0) is 19.1 Å². The molecule has 1 heterocycles. The normalized spacial score (nSPS) is 45.8. The quantitative estimate of drug-likeness (QED) is 0.331. The monoisotopic (exact) mass is 531 g/mol. The fraction of sp³-hybridized carbons (Fsp3) is 0.833. The van der Waals surface area contributed by atoms with Gasteiger partial charge in [-0.1, -0.05) is 26.8 Å². The molecule has 0 radical (unpaired) electrons. The Balaban J connectivity index is 1.24. The minimum atomic E-state index is -0.867. The Labute approximate surface area is 225 Å². The number of rotatable bonds is 6. The molecule has 0 aromatic carbocycles. The second-order valence-electron chi connectivity index (χ2n) is 13.6. The van der Waals surface area contributed by atoms with E-state index in [0.29, 0.717) is 31.4 Å². The second kappa shape index (κ2) is 9.83. The molecule has 5 rings (SSSR count). The Morgan fingerprint density at radius 2 is 1.87 bits per heavy atom. The molecule has 8 nitrogen and oxygen atoms in total. The average molecular weight is 532 g/mol. The number of ether oxygens (including phenoxy) is 2. The van der Waals surface area contributed by atoms with Crippen LogP contribution in [0.5, 0.6) is 0 Å². The van der Waals surface area contributed by atoms with Crippen LogP contribution < -0.4 is 5.32 Å². The summed E-state index contributed by atoms with van der Waals surface area (Å²) < 4.78 is 11.2. The van der Waals surface area contributed by atoms with Crippen LogP contribution in [0.1, 0.15) is 91.4 Å². The summed E-state index contributed by atoms with van der Waals surface area (Å²) in [6.45, 7) is 7.59. The number of carboxylic acid groups (broad SMARTS) is 1. The third-order valence-electron chi connectivity index (χ3n) is 11.8. The number of aliphatic hydroxyl groups is 1. The molecule has 0 bridgehead atoms. The van der Waals surface area contributed by atoms with Gasteiger partial charge in [0.15, 0.2) is 0 Å². The zero-order valence-electron chi connectivity index (χ0n) is 23.2. The van der Waals surface area contributed by atoms with Crippen LogP contribution in [0.25, 0.3) is 0 Å². The van der Waals surface area contributed by atoms with Gasteiger partial charge in [-0.05, 0) is 93.3 Å². The molecular formula is C30H45NO7. The lowest BCUT2D eigenvalue weighted by atomic mass is 9.42. The number of carbonyl (C=O) groups is 3. The van der Waals surface area contributed by atoms with Crippen LogP contribution in [-0.4, -0.2) is 53.1 Å². The van der Waals surface area contributed by atoms with E-state index in [1.54, 1.807) is 6.08 Å². The van der Waals surface area contributed by atoms with Crippen LogP contribution in [0, 0.1) is 39.9 Å². The van der Waals surface area contributed by atoms with Gasteiger partial charge in [0, 0.05) is 29.9 Å². The van der Waals surface area contributed by atoms with Crippen LogP contribution in [0.3, 0.4) is 0 Å². The molecule has 3 N–H and O–H groups in total. The number of carboxylic acids is 1. The summed E-state index contributed by atoms with van der Waals surface area (Å²) in [5.41, 5.74) is -1.04. The molecule has 1 amide bonds. The molecular weight excluding hydrogens is 486 g/mol. The van der Waals surface area contributed by atoms with Crippen molar-refractivity contribution in [1.82, 2.24) is 5.32 Å². The highest BCUT2D eigenvalue weighted by atomic mass is 16.6. The molecule has 1 unspecified atom stereocenters. The van der Waals surface area contributed by atoms with E-state index in [2.05, 4.69) is 26.1 Å². The summed E-state index contributed by atoms with van der Waals surface area (Å²) in [5.74, 6) is 0.317. The zero-order valence-corrected chi connectivity index (χ0v) is 23.2. The Morgan fingerprint density at radius 3 is 2.58 bits per heavy atom. The Kier molecular flexibility index (Phi) is 7.11. The zero-order chi connectivity index (χ0) is 27.3. The Hall–Kier alpha value is -2.09. The third-order valence-corrected chi connectivity index (χ3v) is 11.8. The topological polar surface area (TPSA) is 122 Å². The van der Waals surface area contributed by atoms with Crippen molar-refractivity contribution >= 4 is 18.0 Å². The minimum Gasteiger partial charge on any atom is -0.481 e. The van der Waals surface area contributed by atoms with Crippen LogP contribution in [0.4, 0.5) is 4.79 Å². The summed E-state index contributed by atoms with van der Waals surface area (Å²) >= 11 is 0. The van der Waals surface area contributed by atoms with E-state index in [9.17, 15) is 19.5 Å². The number of esters is 1. The number of cyclic esters (lactones) is 1. The van der Waals surface area contributed by atoms with Gasteiger partial charge in [0.05, 0.1) is 5.60 Å². The molecule has 9 atom stereocenters. The number of aliphatic carboxylic acids is 1. The number of fused-ring (bicyclic) bond motifs is 5. The fourth-order valence-electron chi connectivity index (χ4n) is 9.77. The van der Waals surface area contributed by atoms with Crippen molar-refractivity contribution in [3.63, 3.8) is 0 Å². The number of carbonyl (C=O) groups excluding carboxylic acids is 2. The minimum absolute atomic E-state index is 0.0300. The highest BCUT2D eigenvalue weighted by Crippen LogP contribution is 2.71. The lowest BCUT2D eigenvalue weighted by Gasteiger charge is -2.64. The van der Waals surface area contributed by atoms with Crippen molar-refractivity contribution in [2.24, 2.45) is 39.9 Å². The van der Waals surface area contributed by atoms with Crippen molar-refractivity contribution in [1.29, 1.82) is 0 Å². The average Bonchev–Trinajstić information content (AvgIpc) is 3.16. The van der Waals surface area contributed by atoms with E-state index in [1.807, 2.05) is 6.08 Å². The summed E-state index contributed by atoms with van der Waals surface area (Å²) in [6, 6.07) is 0. The maximum atomic E-state index is 12.5. The first kappa shape index (κ1) is 27.5. The van der Waals surface area contributed by atoms with Crippen molar-refractivity contribution in [2.45, 2.75) is 103 Å². The highest BCUT2D eigenvalue weighted by molar-refractivity contribution is 5.83. The van der Waals surface area contributed by atoms with Gasteiger partial charge in [-0.3, -0.25) is 4.79 Å². The summed E-state index contributed by atoms with van der Waals surface area (Å²) in [6.07, 6.45) is 12.0. The number of nitrogens with one attached hydrogen (secondary N) is 1. The van der Waals surface area contributed by atoms with Crippen molar-refractivity contribution < 1.29 is 34.1 Å². The number of hydrogen-bond acceptors (Lipinski definition) is 6. The molecule has 4 aliphatic carbocycles. The van der Waals surface area contributed by atoms with Crippen LogP contribution in [0.15, 0.2) is 12.2 Å². The molecule has 8 heteroatoms. The molecule has 0 aromatic heterocycles. The van der Waals surface area contributed by atoms with Gasteiger partial charge in [0.25, 0.3) is 0 Å². The van der Waals surface area contributed by atoms with E-state index in [-0.39, 0.29) is 46.6 Å². The van der Waals surface area contributed by atoms with Gasteiger partial charge >= 0.3 is 18.0 Å². The second-order valence-corrected chi connectivity index (χ2v) is 13.6.